The molecule has 0 saturated carbocycles. The molecule has 8 nitrogen and oxygen atoms in total. The van der Waals surface area contributed by atoms with Crippen LogP contribution in [-0.4, -0.2) is 70.7 Å². The number of hydrogen-bond donors (Lipinski definition) is 0. The van der Waals surface area contributed by atoms with E-state index in [9.17, 15) is 14.3 Å². The summed E-state index contributed by atoms with van der Waals surface area (Å²) in [7, 11) is 1.35. The van der Waals surface area contributed by atoms with Crippen molar-refractivity contribution in [3.8, 4) is 0 Å². The summed E-state index contributed by atoms with van der Waals surface area (Å²) in [5.41, 5.74) is 0. The molecular weight excluding hydrogens is 697 g/mol. The van der Waals surface area contributed by atoms with Gasteiger partial charge >= 0.3 is 5.97 Å². The minimum absolute atomic E-state index is 0.0239. The van der Waals surface area contributed by atoms with Crippen LogP contribution in [0.15, 0.2) is 48.6 Å². The van der Waals surface area contributed by atoms with Crippen LogP contribution in [0.4, 0.5) is 0 Å². The molecule has 0 rings (SSSR count). The normalized spacial score (nSPS) is 14.3. The summed E-state index contributed by atoms with van der Waals surface area (Å²) in [5.74, 6) is -0.343. The molecule has 0 aromatic carbocycles. The Kier molecular flexibility index (Phi) is 37.2. The third-order valence-electron chi connectivity index (χ3n) is 9.14. The summed E-state index contributed by atoms with van der Waals surface area (Å²) >= 11 is 0. The number of phosphoric ester groups is 1. The Morgan fingerprint density at radius 3 is 1.61 bits per heavy atom. The van der Waals surface area contributed by atoms with Gasteiger partial charge < -0.3 is 27.9 Å². The number of likely N-dealkylation sites (N-methyl/N-ethyl adjacent to an activating group) is 1. The Morgan fingerprint density at radius 2 is 1.07 bits per heavy atom. The summed E-state index contributed by atoms with van der Waals surface area (Å²) in [6, 6.07) is 0. The molecule has 54 heavy (non-hydrogen) atoms. The van der Waals surface area contributed by atoms with E-state index in [0.29, 0.717) is 24.1 Å². The van der Waals surface area contributed by atoms with E-state index in [2.05, 4.69) is 62.5 Å². The third kappa shape index (κ3) is 41.6. The fourth-order valence-corrected chi connectivity index (χ4v) is 6.50. The van der Waals surface area contributed by atoms with Gasteiger partial charge in [-0.15, -0.1) is 0 Å². The first kappa shape index (κ1) is 52.5. The van der Waals surface area contributed by atoms with E-state index >= 15 is 0 Å². The van der Waals surface area contributed by atoms with Crippen molar-refractivity contribution in [2.45, 2.75) is 180 Å². The van der Waals surface area contributed by atoms with Crippen LogP contribution in [0.3, 0.4) is 0 Å². The highest BCUT2D eigenvalue weighted by molar-refractivity contribution is 7.45. The van der Waals surface area contributed by atoms with E-state index < -0.39 is 13.9 Å². The van der Waals surface area contributed by atoms with Gasteiger partial charge in [0.05, 0.1) is 34.4 Å². The highest BCUT2D eigenvalue weighted by atomic mass is 31.2. The lowest BCUT2D eigenvalue weighted by atomic mass is 10.1. The lowest BCUT2D eigenvalue weighted by Crippen LogP contribution is -2.37. The zero-order chi connectivity index (χ0) is 39.9. The van der Waals surface area contributed by atoms with Gasteiger partial charge in [0.25, 0.3) is 7.82 Å². The SMILES string of the molecule is CC/C=C\C/C=C\C/C=C\C/C=C\CCCCCCCCCCC(=O)OC(COCCCCCCCCCCCCC)COP(=O)([O-])OCC[N+](C)(C)C. The number of unbranched alkanes of at least 4 members (excludes halogenated alkanes) is 18. The summed E-state index contributed by atoms with van der Waals surface area (Å²) < 4.78 is 34.5. The van der Waals surface area contributed by atoms with Gasteiger partial charge in [0, 0.05) is 13.0 Å². The van der Waals surface area contributed by atoms with E-state index in [1.807, 2.05) is 21.1 Å². The van der Waals surface area contributed by atoms with Crippen LogP contribution in [0.5, 0.6) is 0 Å². The minimum Gasteiger partial charge on any atom is -0.756 e. The summed E-state index contributed by atoms with van der Waals surface area (Å²) in [6.45, 7) is 5.29. The number of rotatable bonds is 40. The number of allylic oxidation sites excluding steroid dienone is 8. The number of quaternary nitrogens is 1. The van der Waals surface area contributed by atoms with Crippen LogP contribution in [0.2, 0.25) is 0 Å². The molecule has 0 saturated heterocycles. The molecule has 0 aromatic rings. The maximum atomic E-state index is 12.7. The van der Waals surface area contributed by atoms with Gasteiger partial charge in [0.15, 0.2) is 0 Å². The van der Waals surface area contributed by atoms with Crippen molar-refractivity contribution in [3.05, 3.63) is 48.6 Å². The molecule has 0 aliphatic carbocycles. The molecule has 0 aromatic heterocycles. The van der Waals surface area contributed by atoms with Gasteiger partial charge in [0.1, 0.15) is 19.3 Å². The molecule has 0 radical (unpaired) electrons. The molecule has 9 heteroatoms. The molecule has 0 bridgehead atoms. The Balaban J connectivity index is 4.20. The van der Waals surface area contributed by atoms with Gasteiger partial charge in [-0.1, -0.05) is 165 Å². The van der Waals surface area contributed by atoms with Crippen molar-refractivity contribution in [1.82, 2.24) is 0 Å². The first-order valence-corrected chi connectivity index (χ1v) is 23.3. The smallest absolute Gasteiger partial charge is 0.306 e. The zero-order valence-electron chi connectivity index (χ0n) is 35.7. The van der Waals surface area contributed by atoms with Gasteiger partial charge in [0.2, 0.25) is 0 Å². The molecule has 0 heterocycles. The van der Waals surface area contributed by atoms with Crippen molar-refractivity contribution in [3.63, 3.8) is 0 Å². The molecule has 2 atom stereocenters. The topological polar surface area (TPSA) is 94.1 Å². The van der Waals surface area contributed by atoms with Crippen molar-refractivity contribution in [2.24, 2.45) is 0 Å². The summed E-state index contributed by atoms with van der Waals surface area (Å²) in [4.78, 5) is 25.0. The van der Waals surface area contributed by atoms with Crippen LogP contribution in [0.25, 0.3) is 0 Å². The monoisotopic (exact) mass is 782 g/mol. The van der Waals surface area contributed by atoms with Gasteiger partial charge in [-0.3, -0.25) is 9.36 Å². The van der Waals surface area contributed by atoms with Gasteiger partial charge in [-0.25, -0.2) is 0 Å². The predicted molar refractivity (Wildman–Crippen MR) is 226 cm³/mol. The molecule has 316 valence electrons. The molecule has 0 amide bonds. The largest absolute Gasteiger partial charge is 0.756 e. The summed E-state index contributed by atoms with van der Waals surface area (Å²) in [5, 5.41) is 0. The van der Waals surface area contributed by atoms with Gasteiger partial charge in [-0.2, -0.15) is 0 Å². The molecule has 0 N–H and O–H groups in total. The van der Waals surface area contributed by atoms with Crippen LogP contribution >= 0.6 is 7.82 Å². The lowest BCUT2D eigenvalue weighted by Gasteiger charge is -2.28. The average Bonchev–Trinajstić information content (AvgIpc) is 3.12. The highest BCUT2D eigenvalue weighted by Crippen LogP contribution is 2.38. The van der Waals surface area contributed by atoms with Crippen molar-refractivity contribution in [2.75, 3.05) is 54.1 Å². The van der Waals surface area contributed by atoms with E-state index in [4.69, 9.17) is 18.5 Å². The lowest BCUT2D eigenvalue weighted by molar-refractivity contribution is -0.870. The van der Waals surface area contributed by atoms with E-state index in [1.165, 1.54) is 89.9 Å². The molecule has 0 spiro atoms. The minimum atomic E-state index is -4.52. The summed E-state index contributed by atoms with van der Waals surface area (Å²) in [6.07, 6.45) is 45.5. The Bertz CT molecular complexity index is 1000. The second-order valence-electron chi connectivity index (χ2n) is 15.7. The molecule has 0 aliphatic heterocycles. The van der Waals surface area contributed by atoms with Crippen molar-refractivity contribution < 1.29 is 37.3 Å². The first-order valence-electron chi connectivity index (χ1n) is 21.9. The predicted octanol–water partition coefficient (Wildman–Crippen LogP) is 12.1. The fourth-order valence-electron chi connectivity index (χ4n) is 5.77. The Hall–Kier alpha value is -1.54. The number of carbonyl (C=O) groups excluding carboxylic acids is 1. The second kappa shape index (κ2) is 38.3. The molecule has 2 unspecified atom stereocenters. The van der Waals surface area contributed by atoms with Crippen LogP contribution in [0.1, 0.15) is 174 Å². The molecular formula is C45H84NO7P. The number of hydrogen-bond acceptors (Lipinski definition) is 7. The number of phosphoric acid groups is 1. The van der Waals surface area contributed by atoms with Crippen molar-refractivity contribution in [1.29, 1.82) is 0 Å². The number of ether oxygens (including phenoxy) is 2. The number of nitrogens with zero attached hydrogens (tertiary/aromatic N) is 1. The average molecular weight is 782 g/mol. The van der Waals surface area contributed by atoms with Gasteiger partial charge in [-0.05, 0) is 51.4 Å². The maximum absolute atomic E-state index is 12.7. The third-order valence-corrected chi connectivity index (χ3v) is 10.1. The quantitative estimate of drug-likeness (QED) is 0.0201. The van der Waals surface area contributed by atoms with Crippen LogP contribution in [0, 0.1) is 0 Å². The van der Waals surface area contributed by atoms with E-state index in [1.54, 1.807) is 0 Å². The van der Waals surface area contributed by atoms with E-state index in [-0.39, 0.29) is 25.8 Å². The number of carbonyl (C=O) groups is 1. The highest BCUT2D eigenvalue weighted by Gasteiger charge is 2.20. The standard InChI is InChI=1S/C45H84NO7P/c1-6-8-10-12-14-16-18-19-20-21-22-23-24-25-26-27-28-30-32-34-36-38-45(47)53-44(43-52-54(48,49)51-41-39-46(3,4)5)42-50-40-37-35-33-31-29-17-15-13-11-9-7-2/h8,10,14,16,19-20,22-23,44H,6-7,9,11-13,15,17-18,21,24-43H2,1-5H3/b10-8-,16-14-,20-19-,23-22-. The first-order chi connectivity index (χ1) is 26.1. The Labute approximate surface area is 333 Å². The maximum Gasteiger partial charge on any atom is 0.306 e. The Morgan fingerprint density at radius 1 is 0.593 bits per heavy atom. The molecule has 0 fully saturated rings. The van der Waals surface area contributed by atoms with E-state index in [0.717, 1.165) is 64.2 Å². The van der Waals surface area contributed by atoms with Crippen molar-refractivity contribution >= 4 is 13.8 Å². The van der Waals surface area contributed by atoms with Crippen LogP contribution in [-0.2, 0) is 27.9 Å². The zero-order valence-corrected chi connectivity index (χ0v) is 36.6. The fraction of sp³-hybridized carbons (Fsp3) is 0.800. The number of esters is 1. The second-order valence-corrected chi connectivity index (χ2v) is 17.1. The van der Waals surface area contributed by atoms with Crippen LogP contribution < -0.4 is 4.89 Å². The molecule has 0 aliphatic rings.